The number of nitrogens with one attached hydrogen (secondary N) is 2. The largest absolute Gasteiger partial charge is 0.468 e. The summed E-state index contributed by atoms with van der Waals surface area (Å²) < 4.78 is 5.25. The van der Waals surface area contributed by atoms with Crippen LogP contribution in [0.4, 0.5) is 0 Å². The van der Waals surface area contributed by atoms with Crippen molar-refractivity contribution in [1.82, 2.24) is 10.6 Å². The second-order valence-corrected chi connectivity index (χ2v) is 7.36. The number of carbonyl (C=O) groups is 1. The molecule has 2 bridgehead atoms. The van der Waals surface area contributed by atoms with Crippen molar-refractivity contribution in [3.8, 4) is 0 Å². The Kier molecular flexibility index (Phi) is 3.60. The number of amides is 1. The third kappa shape index (κ3) is 2.39. The monoisotopic (exact) mass is 290 g/mol. The minimum Gasteiger partial charge on any atom is -0.468 e. The Balaban J connectivity index is 1.54. The molecule has 0 saturated heterocycles. The fourth-order valence-corrected chi connectivity index (χ4v) is 4.42. The summed E-state index contributed by atoms with van der Waals surface area (Å²) in [5, 5.41) is 6.47. The van der Waals surface area contributed by atoms with Crippen molar-refractivity contribution in [3.63, 3.8) is 0 Å². The summed E-state index contributed by atoms with van der Waals surface area (Å²) in [6, 6.07) is 3.77. The molecular weight excluding hydrogens is 264 g/mol. The maximum Gasteiger partial charge on any atom is 0.234 e. The van der Waals surface area contributed by atoms with Gasteiger partial charge in [0.05, 0.1) is 19.4 Å². The van der Waals surface area contributed by atoms with E-state index in [9.17, 15) is 4.79 Å². The van der Waals surface area contributed by atoms with Crippen molar-refractivity contribution in [2.24, 2.45) is 17.3 Å². The molecule has 1 aromatic rings. The van der Waals surface area contributed by atoms with Crippen LogP contribution in [0.2, 0.25) is 0 Å². The highest BCUT2D eigenvalue weighted by atomic mass is 16.3. The first-order chi connectivity index (χ1) is 9.93. The Morgan fingerprint density at radius 2 is 2.10 bits per heavy atom. The molecule has 2 fully saturated rings. The molecule has 0 radical (unpaired) electrons. The summed E-state index contributed by atoms with van der Waals surface area (Å²) in [7, 11) is 0. The lowest BCUT2D eigenvalue weighted by Gasteiger charge is -2.48. The predicted octanol–water partition coefficient (Wildman–Crippen LogP) is 2.70. The molecule has 1 amide bonds. The summed E-state index contributed by atoms with van der Waals surface area (Å²) in [5.41, 5.74) is 0.117. The standard InChI is InChI=1S/C17H26N2O2/c1-16(2)12-6-7-13(9-12)17(16,3)19-15(20)11-18-10-14-5-4-8-21-14/h4-5,8,12-13,18H,6-7,9-11H2,1-3H3,(H,19,20). The first-order valence-electron chi connectivity index (χ1n) is 7.97. The lowest BCUT2D eigenvalue weighted by Crippen LogP contribution is -2.60. The molecule has 3 unspecified atom stereocenters. The van der Waals surface area contributed by atoms with Crippen LogP contribution in [0, 0.1) is 17.3 Å². The van der Waals surface area contributed by atoms with E-state index in [1.807, 2.05) is 12.1 Å². The molecule has 1 heterocycles. The number of hydrogen-bond donors (Lipinski definition) is 2. The van der Waals surface area contributed by atoms with Crippen LogP contribution >= 0.6 is 0 Å². The van der Waals surface area contributed by atoms with E-state index in [0.717, 1.165) is 11.7 Å². The van der Waals surface area contributed by atoms with Crippen molar-refractivity contribution < 1.29 is 9.21 Å². The van der Waals surface area contributed by atoms with E-state index in [4.69, 9.17) is 4.42 Å². The molecule has 4 heteroatoms. The minimum absolute atomic E-state index is 0.0701. The highest BCUT2D eigenvalue weighted by molar-refractivity contribution is 5.79. The van der Waals surface area contributed by atoms with E-state index >= 15 is 0 Å². The van der Waals surface area contributed by atoms with Crippen LogP contribution in [0.1, 0.15) is 45.8 Å². The predicted molar refractivity (Wildman–Crippen MR) is 81.6 cm³/mol. The van der Waals surface area contributed by atoms with Gasteiger partial charge in [-0.05, 0) is 55.6 Å². The van der Waals surface area contributed by atoms with E-state index in [1.165, 1.54) is 19.3 Å². The zero-order valence-electron chi connectivity index (χ0n) is 13.2. The van der Waals surface area contributed by atoms with Crippen molar-refractivity contribution >= 4 is 5.91 Å². The SMILES string of the molecule is CC1(C)C2CCC(C2)C1(C)NC(=O)CNCc1ccco1. The van der Waals surface area contributed by atoms with Crippen LogP contribution in [0.5, 0.6) is 0 Å². The normalized spacial score (nSPS) is 33.3. The van der Waals surface area contributed by atoms with Crippen molar-refractivity contribution in [2.75, 3.05) is 6.54 Å². The van der Waals surface area contributed by atoms with Gasteiger partial charge in [-0.25, -0.2) is 0 Å². The van der Waals surface area contributed by atoms with E-state index in [0.29, 0.717) is 19.0 Å². The van der Waals surface area contributed by atoms with Gasteiger partial charge < -0.3 is 15.1 Å². The van der Waals surface area contributed by atoms with Gasteiger partial charge in [0.25, 0.3) is 0 Å². The van der Waals surface area contributed by atoms with Crippen LogP contribution in [-0.2, 0) is 11.3 Å². The second kappa shape index (κ2) is 5.16. The number of fused-ring (bicyclic) bond motifs is 2. The maximum atomic E-state index is 12.3. The Bertz CT molecular complexity index is 509. The third-order valence-corrected chi connectivity index (χ3v) is 6.17. The van der Waals surface area contributed by atoms with Gasteiger partial charge in [0, 0.05) is 5.54 Å². The van der Waals surface area contributed by atoms with Crippen LogP contribution in [0.25, 0.3) is 0 Å². The van der Waals surface area contributed by atoms with Gasteiger partial charge >= 0.3 is 0 Å². The molecule has 0 aliphatic heterocycles. The zero-order valence-corrected chi connectivity index (χ0v) is 13.2. The Labute approximate surface area is 126 Å². The number of hydrogen-bond acceptors (Lipinski definition) is 3. The summed E-state index contributed by atoms with van der Waals surface area (Å²) in [5.74, 6) is 2.33. The molecule has 21 heavy (non-hydrogen) atoms. The molecule has 3 rings (SSSR count). The molecule has 1 aromatic heterocycles. The average molecular weight is 290 g/mol. The average Bonchev–Trinajstić information content (AvgIpc) is 3.11. The molecular formula is C17H26N2O2. The lowest BCUT2D eigenvalue weighted by molar-refractivity contribution is -0.124. The fraction of sp³-hybridized carbons (Fsp3) is 0.706. The van der Waals surface area contributed by atoms with Gasteiger partial charge in [0.15, 0.2) is 0 Å². The molecule has 2 N–H and O–H groups in total. The Morgan fingerprint density at radius 3 is 2.71 bits per heavy atom. The maximum absolute atomic E-state index is 12.3. The van der Waals surface area contributed by atoms with Gasteiger partial charge in [0.1, 0.15) is 5.76 Å². The molecule has 2 aliphatic rings. The van der Waals surface area contributed by atoms with Gasteiger partial charge in [0.2, 0.25) is 5.91 Å². The number of furan rings is 1. The van der Waals surface area contributed by atoms with E-state index in [2.05, 4.69) is 31.4 Å². The van der Waals surface area contributed by atoms with Gasteiger partial charge in [-0.15, -0.1) is 0 Å². The minimum atomic E-state index is -0.0701. The molecule has 0 spiro atoms. The van der Waals surface area contributed by atoms with Crippen LogP contribution in [-0.4, -0.2) is 18.0 Å². The zero-order chi connectivity index (χ0) is 15.1. The molecule has 2 aliphatic carbocycles. The highest BCUT2D eigenvalue weighted by Gasteiger charge is 2.60. The third-order valence-electron chi connectivity index (χ3n) is 6.17. The van der Waals surface area contributed by atoms with E-state index in [1.54, 1.807) is 6.26 Å². The molecule has 3 atom stereocenters. The van der Waals surface area contributed by atoms with Crippen LogP contribution in [0.15, 0.2) is 22.8 Å². The van der Waals surface area contributed by atoms with Gasteiger partial charge in [-0.1, -0.05) is 13.8 Å². The molecule has 2 saturated carbocycles. The number of carbonyl (C=O) groups excluding carboxylic acids is 1. The second-order valence-electron chi connectivity index (χ2n) is 7.36. The summed E-state index contributed by atoms with van der Waals surface area (Å²) in [6.45, 7) is 7.79. The van der Waals surface area contributed by atoms with Gasteiger partial charge in [-0.2, -0.15) is 0 Å². The summed E-state index contributed by atoms with van der Waals surface area (Å²) in [6.07, 6.45) is 5.49. The fourth-order valence-electron chi connectivity index (χ4n) is 4.42. The first-order valence-corrected chi connectivity index (χ1v) is 7.97. The Hall–Kier alpha value is -1.29. The smallest absolute Gasteiger partial charge is 0.234 e. The van der Waals surface area contributed by atoms with E-state index < -0.39 is 0 Å². The van der Waals surface area contributed by atoms with Crippen LogP contribution in [0.3, 0.4) is 0 Å². The molecule has 116 valence electrons. The molecule has 0 aromatic carbocycles. The van der Waals surface area contributed by atoms with Gasteiger partial charge in [-0.3, -0.25) is 4.79 Å². The summed E-state index contributed by atoms with van der Waals surface area (Å²) >= 11 is 0. The van der Waals surface area contributed by atoms with Crippen molar-refractivity contribution in [2.45, 2.75) is 52.1 Å². The molecule has 4 nitrogen and oxygen atoms in total. The van der Waals surface area contributed by atoms with Crippen molar-refractivity contribution in [3.05, 3.63) is 24.2 Å². The van der Waals surface area contributed by atoms with Crippen molar-refractivity contribution in [1.29, 1.82) is 0 Å². The number of rotatable bonds is 5. The lowest BCUT2D eigenvalue weighted by atomic mass is 9.64. The quantitative estimate of drug-likeness (QED) is 0.876. The summed E-state index contributed by atoms with van der Waals surface area (Å²) in [4.78, 5) is 12.3. The topological polar surface area (TPSA) is 54.3 Å². The Morgan fingerprint density at radius 1 is 1.33 bits per heavy atom. The highest BCUT2D eigenvalue weighted by Crippen LogP contribution is 2.61. The first kappa shape index (κ1) is 14.6. The van der Waals surface area contributed by atoms with Crippen LogP contribution < -0.4 is 10.6 Å². The van der Waals surface area contributed by atoms with E-state index in [-0.39, 0.29) is 16.9 Å².